The van der Waals surface area contributed by atoms with Crippen LogP contribution >= 0.6 is 0 Å². The minimum atomic E-state index is -0.115. The van der Waals surface area contributed by atoms with Crippen LogP contribution in [0.15, 0.2) is 18.2 Å². The Kier molecular flexibility index (Phi) is 4.59. The van der Waals surface area contributed by atoms with E-state index in [4.69, 9.17) is 4.74 Å². The molecule has 0 radical (unpaired) electrons. The molecule has 0 spiro atoms. The fourth-order valence-corrected chi connectivity index (χ4v) is 5.03. The summed E-state index contributed by atoms with van der Waals surface area (Å²) in [5.41, 5.74) is 3.95. The third-order valence-electron chi connectivity index (χ3n) is 6.58. The smallest absolute Gasteiger partial charge is 0.410 e. The van der Waals surface area contributed by atoms with Gasteiger partial charge in [0.25, 0.3) is 0 Å². The Morgan fingerprint density at radius 2 is 1.77 bits per heavy atom. The Hall–Kier alpha value is -1.75. The van der Waals surface area contributed by atoms with Crippen molar-refractivity contribution in [1.82, 2.24) is 9.80 Å². The summed E-state index contributed by atoms with van der Waals surface area (Å²) in [6, 6.07) is 7.47. The molecule has 1 unspecified atom stereocenters. The molecular weight excluding hydrogens is 326 g/mol. The highest BCUT2D eigenvalue weighted by atomic mass is 16.6. The molecule has 1 aromatic rings. The van der Waals surface area contributed by atoms with Crippen LogP contribution in [0.2, 0.25) is 0 Å². The lowest BCUT2D eigenvalue weighted by Crippen LogP contribution is -2.63. The number of carbonyl (C=O) groups is 1. The lowest BCUT2D eigenvalue weighted by molar-refractivity contribution is 0.0191. The highest BCUT2D eigenvalue weighted by molar-refractivity contribution is 5.71. The van der Waals surface area contributed by atoms with Crippen molar-refractivity contribution in [2.75, 3.05) is 44.2 Å². The van der Waals surface area contributed by atoms with Crippen LogP contribution in [0.5, 0.6) is 0 Å². The van der Waals surface area contributed by atoms with Gasteiger partial charge in [0.05, 0.1) is 5.54 Å². The summed E-state index contributed by atoms with van der Waals surface area (Å²) in [6.45, 7) is 12.1. The first-order chi connectivity index (χ1) is 12.5. The average molecular weight is 357 g/mol. The van der Waals surface area contributed by atoms with Gasteiger partial charge in [-0.05, 0) is 56.4 Å². The van der Waals surface area contributed by atoms with Crippen molar-refractivity contribution in [2.45, 2.75) is 51.6 Å². The Labute approximate surface area is 156 Å². The minimum Gasteiger partial charge on any atom is -0.447 e. The minimum absolute atomic E-state index is 0.0971. The van der Waals surface area contributed by atoms with Gasteiger partial charge >= 0.3 is 6.09 Å². The summed E-state index contributed by atoms with van der Waals surface area (Å²) < 4.78 is 5.38. The van der Waals surface area contributed by atoms with E-state index in [1.807, 2.05) is 4.90 Å². The average Bonchev–Trinajstić information content (AvgIpc) is 2.98. The summed E-state index contributed by atoms with van der Waals surface area (Å²) in [4.78, 5) is 19.1. The predicted molar refractivity (Wildman–Crippen MR) is 104 cm³/mol. The first-order valence-electron chi connectivity index (χ1n) is 10.0. The van der Waals surface area contributed by atoms with Gasteiger partial charge in [0.2, 0.25) is 0 Å². The largest absolute Gasteiger partial charge is 0.447 e. The molecule has 5 nitrogen and oxygen atoms in total. The maximum Gasteiger partial charge on any atom is 0.410 e. The van der Waals surface area contributed by atoms with Crippen molar-refractivity contribution < 1.29 is 9.53 Å². The Morgan fingerprint density at radius 3 is 2.42 bits per heavy atom. The maximum absolute atomic E-state index is 12.0. The van der Waals surface area contributed by atoms with E-state index in [-0.39, 0.29) is 11.6 Å². The van der Waals surface area contributed by atoms with Crippen LogP contribution in [-0.4, -0.2) is 66.8 Å². The summed E-state index contributed by atoms with van der Waals surface area (Å²) in [6.07, 6.45) is 3.25. The maximum atomic E-state index is 12.0. The molecule has 3 fully saturated rings. The van der Waals surface area contributed by atoms with Crippen LogP contribution in [0.1, 0.15) is 37.3 Å². The van der Waals surface area contributed by atoms with Gasteiger partial charge in [-0.2, -0.15) is 0 Å². The second-order valence-corrected chi connectivity index (χ2v) is 8.32. The highest BCUT2D eigenvalue weighted by Gasteiger charge is 2.50. The van der Waals surface area contributed by atoms with Crippen LogP contribution in [0.25, 0.3) is 0 Å². The number of amides is 1. The number of rotatable bonds is 3. The number of carbonyl (C=O) groups excluding carboxylic acids is 1. The van der Waals surface area contributed by atoms with Crippen molar-refractivity contribution in [2.24, 2.45) is 0 Å². The second-order valence-electron chi connectivity index (χ2n) is 8.32. The number of piperazine rings is 1. The molecule has 0 bridgehead atoms. The summed E-state index contributed by atoms with van der Waals surface area (Å²) in [7, 11) is 0. The summed E-state index contributed by atoms with van der Waals surface area (Å²) in [5.74, 6) is 0. The quantitative estimate of drug-likeness (QED) is 0.832. The number of ether oxygens (including phenoxy) is 1. The number of cyclic esters (lactones) is 1. The number of nitrogens with zero attached hydrogens (tertiary/aromatic N) is 3. The van der Waals surface area contributed by atoms with E-state index in [9.17, 15) is 4.79 Å². The van der Waals surface area contributed by atoms with Gasteiger partial charge in [0.15, 0.2) is 0 Å². The van der Waals surface area contributed by atoms with Crippen molar-refractivity contribution in [1.29, 1.82) is 0 Å². The molecule has 1 aromatic carbocycles. The second kappa shape index (κ2) is 6.76. The van der Waals surface area contributed by atoms with Gasteiger partial charge in [0, 0.05) is 44.5 Å². The first kappa shape index (κ1) is 17.7. The SMILES string of the molecule is CCC12COC(=O)N1CCN(C1CCN(c3cc(C)cc(C)c3)CC1)C2. The molecule has 3 aliphatic rings. The molecule has 0 aromatic heterocycles. The third kappa shape index (κ3) is 3.07. The van der Waals surface area contributed by atoms with E-state index >= 15 is 0 Å². The zero-order valence-electron chi connectivity index (χ0n) is 16.3. The van der Waals surface area contributed by atoms with Crippen LogP contribution in [0.4, 0.5) is 10.5 Å². The third-order valence-corrected chi connectivity index (χ3v) is 6.58. The monoisotopic (exact) mass is 357 g/mol. The van der Waals surface area contributed by atoms with Gasteiger partial charge in [-0.1, -0.05) is 13.0 Å². The standard InChI is InChI=1S/C21H31N3O2/c1-4-21-14-23(9-10-24(21)20(25)26-15-21)18-5-7-22(8-6-18)19-12-16(2)11-17(3)13-19/h11-13,18H,4-10,14-15H2,1-3H3. The number of aryl methyl sites for hydroxylation is 2. The molecule has 3 saturated heterocycles. The van der Waals surface area contributed by atoms with Crippen molar-refractivity contribution in [3.63, 3.8) is 0 Å². The number of hydrogen-bond donors (Lipinski definition) is 0. The fraction of sp³-hybridized carbons (Fsp3) is 0.667. The molecule has 142 valence electrons. The van der Waals surface area contributed by atoms with E-state index in [1.165, 1.54) is 29.7 Å². The van der Waals surface area contributed by atoms with E-state index in [0.717, 1.165) is 39.1 Å². The summed E-state index contributed by atoms with van der Waals surface area (Å²) >= 11 is 0. The lowest BCUT2D eigenvalue weighted by Gasteiger charge is -2.48. The predicted octanol–water partition coefficient (Wildman–Crippen LogP) is 3.19. The van der Waals surface area contributed by atoms with Crippen LogP contribution in [0.3, 0.4) is 0 Å². The number of piperidine rings is 1. The number of benzene rings is 1. The van der Waals surface area contributed by atoms with Gasteiger partial charge in [-0.15, -0.1) is 0 Å². The molecule has 3 heterocycles. The molecule has 4 rings (SSSR count). The molecule has 0 aliphatic carbocycles. The van der Waals surface area contributed by atoms with Crippen LogP contribution < -0.4 is 4.90 Å². The first-order valence-corrected chi connectivity index (χ1v) is 10.0. The molecule has 0 N–H and O–H groups in total. The molecule has 1 atom stereocenters. The van der Waals surface area contributed by atoms with E-state index in [2.05, 4.69) is 48.8 Å². The summed E-state index contributed by atoms with van der Waals surface area (Å²) in [5, 5.41) is 0. The highest BCUT2D eigenvalue weighted by Crippen LogP contribution is 2.34. The molecule has 26 heavy (non-hydrogen) atoms. The molecule has 1 amide bonds. The van der Waals surface area contributed by atoms with Gasteiger partial charge in [-0.3, -0.25) is 9.80 Å². The van der Waals surface area contributed by atoms with Crippen LogP contribution in [-0.2, 0) is 4.74 Å². The normalized spacial score (nSPS) is 27.6. The molecule has 3 aliphatic heterocycles. The Bertz CT molecular complexity index is 664. The van der Waals surface area contributed by atoms with E-state index in [0.29, 0.717) is 12.6 Å². The topological polar surface area (TPSA) is 36.0 Å². The molecule has 0 saturated carbocycles. The van der Waals surface area contributed by atoms with Gasteiger partial charge in [-0.25, -0.2) is 4.79 Å². The van der Waals surface area contributed by atoms with Crippen LogP contribution in [0, 0.1) is 13.8 Å². The Morgan fingerprint density at radius 1 is 1.08 bits per heavy atom. The van der Waals surface area contributed by atoms with Crippen molar-refractivity contribution in [3.8, 4) is 0 Å². The lowest BCUT2D eigenvalue weighted by atomic mass is 9.90. The zero-order chi connectivity index (χ0) is 18.3. The number of anilines is 1. The fourth-order valence-electron chi connectivity index (χ4n) is 5.03. The van der Waals surface area contributed by atoms with Crippen molar-refractivity contribution >= 4 is 11.8 Å². The van der Waals surface area contributed by atoms with E-state index in [1.54, 1.807) is 0 Å². The molecular formula is C21H31N3O2. The van der Waals surface area contributed by atoms with Crippen molar-refractivity contribution in [3.05, 3.63) is 29.3 Å². The number of fused-ring (bicyclic) bond motifs is 1. The zero-order valence-corrected chi connectivity index (χ0v) is 16.3. The van der Waals surface area contributed by atoms with Gasteiger partial charge < -0.3 is 9.64 Å². The Balaban J connectivity index is 1.40. The van der Waals surface area contributed by atoms with Gasteiger partial charge in [0.1, 0.15) is 6.61 Å². The number of hydrogen-bond acceptors (Lipinski definition) is 4. The molecule has 5 heteroatoms. The van der Waals surface area contributed by atoms with E-state index < -0.39 is 0 Å².